The normalized spacial score (nSPS) is 11.0. The second kappa shape index (κ2) is 14.7. The maximum absolute atomic E-state index is 13.0. The summed E-state index contributed by atoms with van der Waals surface area (Å²) in [5.41, 5.74) is 4.14. The molecule has 232 valence electrons. The number of anilines is 2. The third-order valence-electron chi connectivity index (χ3n) is 7.00. The number of fused-ring (bicyclic) bond motifs is 1. The standard InChI is InChI=1S/C35H29Cl2N5O4/c1-22-9-13-24-6-5-8-30(34(24)40-22)46-21-26-27(36)16-17-29(33(26)37)42(2)32(44)20-39-31(43)18-12-23-10-14-25(15-11-23)41-35(45)28-7-3-4-19-38-28/h3-19H,20-21H2,1-2H3,(H,39,43)(H,41,45)/b18-12+. The zero-order valence-corrected chi connectivity index (χ0v) is 26.5. The van der Waals surface area contributed by atoms with E-state index in [0.29, 0.717) is 33.4 Å². The van der Waals surface area contributed by atoms with E-state index < -0.39 is 5.91 Å². The number of benzene rings is 3. The molecule has 2 heterocycles. The van der Waals surface area contributed by atoms with E-state index >= 15 is 0 Å². The van der Waals surface area contributed by atoms with Gasteiger partial charge in [-0.2, -0.15) is 0 Å². The summed E-state index contributed by atoms with van der Waals surface area (Å²) in [6.45, 7) is 1.71. The summed E-state index contributed by atoms with van der Waals surface area (Å²) >= 11 is 13.2. The van der Waals surface area contributed by atoms with Gasteiger partial charge in [-0.15, -0.1) is 0 Å². The van der Waals surface area contributed by atoms with Gasteiger partial charge < -0.3 is 20.3 Å². The lowest BCUT2D eigenvalue weighted by Gasteiger charge is -2.21. The number of carbonyl (C=O) groups excluding carboxylic acids is 3. The highest BCUT2D eigenvalue weighted by atomic mass is 35.5. The number of amides is 3. The number of carbonyl (C=O) groups is 3. The molecule has 2 N–H and O–H groups in total. The first kappa shape index (κ1) is 32.2. The summed E-state index contributed by atoms with van der Waals surface area (Å²) in [5.74, 6) is -0.581. The molecule has 0 bridgehead atoms. The van der Waals surface area contributed by atoms with Crippen molar-refractivity contribution in [3.8, 4) is 5.75 Å². The Bertz CT molecular complexity index is 1930. The number of rotatable bonds is 10. The smallest absolute Gasteiger partial charge is 0.274 e. The third-order valence-corrected chi connectivity index (χ3v) is 7.78. The average Bonchev–Trinajstić information content (AvgIpc) is 3.07. The van der Waals surface area contributed by atoms with Gasteiger partial charge in [-0.25, -0.2) is 4.98 Å². The molecular formula is C35H29Cl2N5O4. The number of ether oxygens (including phenoxy) is 1. The molecule has 0 fully saturated rings. The van der Waals surface area contributed by atoms with Crippen molar-refractivity contribution >= 4 is 69.3 Å². The van der Waals surface area contributed by atoms with Crippen molar-refractivity contribution < 1.29 is 19.1 Å². The van der Waals surface area contributed by atoms with Crippen LogP contribution in [0, 0.1) is 6.92 Å². The molecule has 0 saturated heterocycles. The van der Waals surface area contributed by atoms with Gasteiger partial charge in [0.1, 0.15) is 23.6 Å². The van der Waals surface area contributed by atoms with Crippen LogP contribution in [-0.2, 0) is 16.2 Å². The minimum Gasteiger partial charge on any atom is -0.487 e. The van der Waals surface area contributed by atoms with Gasteiger partial charge in [0.25, 0.3) is 5.91 Å². The lowest BCUT2D eigenvalue weighted by atomic mass is 10.1. The Morgan fingerprint density at radius 3 is 2.50 bits per heavy atom. The van der Waals surface area contributed by atoms with Gasteiger partial charge in [0.2, 0.25) is 11.8 Å². The Morgan fingerprint density at radius 1 is 0.935 bits per heavy atom. The van der Waals surface area contributed by atoms with Crippen LogP contribution in [0.1, 0.15) is 27.3 Å². The van der Waals surface area contributed by atoms with E-state index in [2.05, 4.69) is 20.6 Å². The number of hydrogen-bond acceptors (Lipinski definition) is 6. The summed E-state index contributed by atoms with van der Waals surface area (Å²) in [4.78, 5) is 47.7. The Balaban J connectivity index is 1.16. The minimum atomic E-state index is -0.454. The molecule has 46 heavy (non-hydrogen) atoms. The highest BCUT2D eigenvalue weighted by Gasteiger charge is 2.19. The summed E-state index contributed by atoms with van der Waals surface area (Å²) in [5, 5.41) is 6.95. The molecule has 0 spiro atoms. The lowest BCUT2D eigenvalue weighted by Crippen LogP contribution is -2.37. The highest BCUT2D eigenvalue weighted by Crippen LogP contribution is 2.35. The van der Waals surface area contributed by atoms with E-state index in [9.17, 15) is 14.4 Å². The molecule has 0 aliphatic heterocycles. The fraction of sp³-hybridized carbons (Fsp3) is 0.114. The first-order chi connectivity index (χ1) is 22.2. The Labute approximate surface area is 275 Å². The maximum Gasteiger partial charge on any atom is 0.274 e. The molecule has 9 nitrogen and oxygen atoms in total. The topological polar surface area (TPSA) is 114 Å². The Morgan fingerprint density at radius 2 is 1.74 bits per heavy atom. The van der Waals surface area contributed by atoms with Crippen LogP contribution in [0.4, 0.5) is 11.4 Å². The van der Waals surface area contributed by atoms with Crippen molar-refractivity contribution in [2.75, 3.05) is 23.8 Å². The fourth-order valence-electron chi connectivity index (χ4n) is 4.48. The molecule has 11 heteroatoms. The van der Waals surface area contributed by atoms with Gasteiger partial charge >= 0.3 is 0 Å². The predicted molar refractivity (Wildman–Crippen MR) is 181 cm³/mol. The molecule has 3 aromatic carbocycles. The average molecular weight is 655 g/mol. The number of aryl methyl sites for hydroxylation is 1. The van der Waals surface area contributed by atoms with Crippen LogP contribution >= 0.6 is 23.2 Å². The summed E-state index contributed by atoms with van der Waals surface area (Å²) in [7, 11) is 1.57. The number of likely N-dealkylation sites (N-methyl/N-ethyl adjacent to an activating group) is 1. The first-order valence-corrected chi connectivity index (χ1v) is 15.0. The van der Waals surface area contributed by atoms with Gasteiger partial charge in [0, 0.05) is 46.7 Å². The van der Waals surface area contributed by atoms with Crippen LogP contribution < -0.4 is 20.3 Å². The van der Waals surface area contributed by atoms with E-state index in [1.54, 1.807) is 73.9 Å². The van der Waals surface area contributed by atoms with Crippen molar-refractivity contribution in [2.24, 2.45) is 0 Å². The fourth-order valence-corrected chi connectivity index (χ4v) is 5.08. The molecule has 5 rings (SSSR count). The van der Waals surface area contributed by atoms with E-state index in [1.807, 2.05) is 37.3 Å². The summed E-state index contributed by atoms with van der Waals surface area (Å²) in [6, 6.07) is 24.9. The lowest BCUT2D eigenvalue weighted by molar-refractivity contribution is -0.122. The van der Waals surface area contributed by atoms with Gasteiger partial charge in [-0.1, -0.05) is 59.6 Å². The largest absolute Gasteiger partial charge is 0.487 e. The zero-order chi connectivity index (χ0) is 32.6. The second-order valence-corrected chi connectivity index (χ2v) is 11.0. The third kappa shape index (κ3) is 7.87. The molecule has 5 aromatic rings. The number of halogens is 2. The van der Waals surface area contributed by atoms with Crippen molar-refractivity contribution in [2.45, 2.75) is 13.5 Å². The van der Waals surface area contributed by atoms with Crippen LogP contribution in [0.15, 0.2) is 97.2 Å². The minimum absolute atomic E-state index is 0.0569. The Hall–Kier alpha value is -5.25. The summed E-state index contributed by atoms with van der Waals surface area (Å²) in [6.07, 6.45) is 4.47. The molecule has 0 radical (unpaired) electrons. The SMILES string of the molecule is Cc1ccc2cccc(OCc3c(Cl)ccc(N(C)C(=O)CNC(=O)/C=C/c4ccc(NC(=O)c5ccccn5)cc4)c3Cl)c2n1. The molecular weight excluding hydrogens is 625 g/mol. The second-order valence-electron chi connectivity index (χ2n) is 10.2. The maximum atomic E-state index is 13.0. The van der Waals surface area contributed by atoms with Crippen molar-refractivity contribution in [1.29, 1.82) is 0 Å². The van der Waals surface area contributed by atoms with Gasteiger partial charge in [-0.3, -0.25) is 19.4 Å². The van der Waals surface area contributed by atoms with Crippen LogP contribution in [0.3, 0.4) is 0 Å². The van der Waals surface area contributed by atoms with Crippen molar-refractivity contribution in [3.63, 3.8) is 0 Å². The molecule has 0 aliphatic carbocycles. The van der Waals surface area contributed by atoms with Gasteiger partial charge in [0.05, 0.1) is 17.3 Å². The number of hydrogen-bond donors (Lipinski definition) is 2. The highest BCUT2D eigenvalue weighted by molar-refractivity contribution is 6.38. The van der Waals surface area contributed by atoms with Crippen LogP contribution in [0.2, 0.25) is 10.0 Å². The van der Waals surface area contributed by atoms with Crippen LogP contribution in [0.25, 0.3) is 17.0 Å². The summed E-state index contributed by atoms with van der Waals surface area (Å²) < 4.78 is 6.08. The number of pyridine rings is 2. The van der Waals surface area contributed by atoms with E-state index in [-0.39, 0.29) is 30.0 Å². The first-order valence-electron chi connectivity index (χ1n) is 14.2. The molecule has 0 aliphatic rings. The number of nitrogens with one attached hydrogen (secondary N) is 2. The monoisotopic (exact) mass is 653 g/mol. The van der Waals surface area contributed by atoms with Crippen LogP contribution in [-0.4, -0.2) is 41.3 Å². The van der Waals surface area contributed by atoms with E-state index in [1.165, 1.54) is 11.0 Å². The van der Waals surface area contributed by atoms with Crippen LogP contribution in [0.5, 0.6) is 5.75 Å². The molecule has 0 atom stereocenters. The quantitative estimate of drug-likeness (QED) is 0.159. The molecule has 2 aromatic heterocycles. The van der Waals surface area contributed by atoms with E-state index in [0.717, 1.165) is 22.2 Å². The number of aromatic nitrogens is 2. The molecule has 0 unspecified atom stereocenters. The number of nitrogens with zero attached hydrogens (tertiary/aromatic N) is 3. The zero-order valence-electron chi connectivity index (χ0n) is 25.0. The Kier molecular flexibility index (Phi) is 10.3. The molecule has 0 saturated carbocycles. The van der Waals surface area contributed by atoms with Crippen molar-refractivity contribution in [1.82, 2.24) is 15.3 Å². The predicted octanol–water partition coefficient (Wildman–Crippen LogP) is 6.87. The van der Waals surface area contributed by atoms with Gasteiger partial charge in [0.15, 0.2) is 0 Å². The molecule has 3 amide bonds. The van der Waals surface area contributed by atoms with E-state index in [4.69, 9.17) is 27.9 Å². The van der Waals surface area contributed by atoms with Gasteiger partial charge in [-0.05, 0) is 67.1 Å². The number of para-hydroxylation sites is 1. The van der Waals surface area contributed by atoms with Crippen molar-refractivity contribution in [3.05, 3.63) is 130 Å².